The number of fused-ring (bicyclic) bond motifs is 1. The van der Waals surface area contributed by atoms with Gasteiger partial charge < -0.3 is 15.5 Å². The molecule has 3 heterocycles. The third kappa shape index (κ3) is 2.87. The quantitative estimate of drug-likeness (QED) is 0.903. The van der Waals surface area contributed by atoms with Gasteiger partial charge in [0.2, 0.25) is 5.95 Å². The molecule has 0 unspecified atom stereocenters. The van der Waals surface area contributed by atoms with Gasteiger partial charge in [0, 0.05) is 38.1 Å². The molecule has 1 fully saturated rings. The Morgan fingerprint density at radius 2 is 2.09 bits per heavy atom. The number of aliphatic imine (C=N–C) groups is 1. The van der Waals surface area contributed by atoms with Crippen molar-refractivity contribution in [3.05, 3.63) is 41.3 Å². The molecule has 7 heteroatoms. The third-order valence-corrected chi connectivity index (χ3v) is 4.03. The summed E-state index contributed by atoms with van der Waals surface area (Å²) in [5, 5.41) is 6.33. The number of piperazine rings is 1. The fraction of sp³-hybridized carbons (Fsp3) is 0.312. The first-order chi connectivity index (χ1) is 11.3. The Labute approximate surface area is 133 Å². The van der Waals surface area contributed by atoms with Crippen LogP contribution in [0.2, 0.25) is 0 Å². The molecule has 1 saturated heterocycles. The second-order valence-corrected chi connectivity index (χ2v) is 5.61. The molecule has 2 aliphatic rings. The molecule has 4 rings (SSSR count). The Hall–Kier alpha value is -2.54. The molecule has 0 spiro atoms. The first-order valence-electron chi connectivity index (χ1n) is 7.67. The second-order valence-electron chi connectivity index (χ2n) is 5.61. The maximum absolute atomic E-state index is 14.1. The van der Waals surface area contributed by atoms with E-state index < -0.39 is 5.82 Å². The molecule has 2 N–H and O–H groups in total. The monoisotopic (exact) mass is 312 g/mol. The highest BCUT2D eigenvalue weighted by Crippen LogP contribution is 2.24. The maximum Gasteiger partial charge on any atom is 0.227 e. The van der Waals surface area contributed by atoms with Crippen molar-refractivity contribution in [2.45, 2.75) is 6.54 Å². The van der Waals surface area contributed by atoms with Crippen LogP contribution in [-0.2, 0) is 6.54 Å². The molecule has 6 nitrogen and oxygen atoms in total. The minimum atomic E-state index is -0.460. The van der Waals surface area contributed by atoms with Gasteiger partial charge in [0.05, 0.1) is 12.7 Å². The lowest BCUT2D eigenvalue weighted by Crippen LogP contribution is -2.44. The number of benzene rings is 1. The Bertz CT molecular complexity index is 754. The molecule has 0 aliphatic carbocycles. The van der Waals surface area contributed by atoms with Crippen LogP contribution >= 0.6 is 0 Å². The van der Waals surface area contributed by atoms with Crippen molar-refractivity contribution in [3.8, 4) is 0 Å². The van der Waals surface area contributed by atoms with E-state index in [1.165, 1.54) is 11.8 Å². The van der Waals surface area contributed by atoms with Crippen molar-refractivity contribution in [1.29, 1.82) is 0 Å². The first kappa shape index (κ1) is 14.1. The van der Waals surface area contributed by atoms with Crippen LogP contribution in [0.1, 0.15) is 11.1 Å². The molecule has 0 amide bonds. The van der Waals surface area contributed by atoms with E-state index in [1.807, 2.05) is 24.4 Å². The third-order valence-electron chi connectivity index (χ3n) is 4.03. The van der Waals surface area contributed by atoms with Gasteiger partial charge in [-0.2, -0.15) is 4.98 Å². The van der Waals surface area contributed by atoms with Crippen molar-refractivity contribution in [2.75, 3.05) is 36.4 Å². The summed E-state index contributed by atoms with van der Waals surface area (Å²) in [5.74, 6) is 0.291. The average Bonchev–Trinajstić information content (AvgIpc) is 3.05. The van der Waals surface area contributed by atoms with Gasteiger partial charge in [-0.3, -0.25) is 4.99 Å². The molecule has 2 aliphatic heterocycles. The summed E-state index contributed by atoms with van der Waals surface area (Å²) in [6.45, 7) is 4.12. The zero-order valence-electron chi connectivity index (χ0n) is 12.6. The van der Waals surface area contributed by atoms with Gasteiger partial charge in [0.25, 0.3) is 0 Å². The van der Waals surface area contributed by atoms with Crippen LogP contribution < -0.4 is 15.5 Å². The van der Waals surface area contributed by atoms with Crippen molar-refractivity contribution in [2.24, 2.45) is 4.99 Å². The van der Waals surface area contributed by atoms with Crippen molar-refractivity contribution in [1.82, 2.24) is 15.3 Å². The normalized spacial score (nSPS) is 16.5. The number of nitrogens with zero attached hydrogens (tertiary/aromatic N) is 4. The molecular weight excluding hydrogens is 295 g/mol. The highest BCUT2D eigenvalue weighted by Gasteiger charge is 2.16. The minimum absolute atomic E-state index is 0.198. The number of aromatic nitrogens is 2. The Morgan fingerprint density at radius 3 is 2.96 bits per heavy atom. The molecule has 118 valence electrons. The largest absolute Gasteiger partial charge is 0.338 e. The molecule has 0 atom stereocenters. The predicted octanol–water partition coefficient (Wildman–Crippen LogP) is 1.70. The number of rotatable bonds is 3. The average molecular weight is 312 g/mol. The number of nitrogens with one attached hydrogen (secondary N) is 2. The van der Waals surface area contributed by atoms with Crippen molar-refractivity contribution in [3.63, 3.8) is 0 Å². The van der Waals surface area contributed by atoms with E-state index in [1.54, 1.807) is 0 Å². The van der Waals surface area contributed by atoms with E-state index in [0.29, 0.717) is 12.5 Å². The van der Waals surface area contributed by atoms with Crippen molar-refractivity contribution >= 4 is 23.7 Å². The highest BCUT2D eigenvalue weighted by molar-refractivity contribution is 5.86. The van der Waals surface area contributed by atoms with Crippen LogP contribution in [-0.4, -0.2) is 42.4 Å². The zero-order chi connectivity index (χ0) is 15.6. The summed E-state index contributed by atoms with van der Waals surface area (Å²) in [6.07, 6.45) is 3.06. The van der Waals surface area contributed by atoms with E-state index in [0.717, 1.165) is 37.4 Å². The Kier molecular flexibility index (Phi) is 3.63. The van der Waals surface area contributed by atoms with E-state index in [4.69, 9.17) is 0 Å². The fourth-order valence-electron chi connectivity index (χ4n) is 2.78. The summed E-state index contributed by atoms with van der Waals surface area (Å²) in [6, 6.07) is 5.87. The summed E-state index contributed by atoms with van der Waals surface area (Å²) < 4.78 is 14.1. The van der Waals surface area contributed by atoms with Crippen LogP contribution in [0, 0.1) is 5.82 Å². The maximum atomic E-state index is 14.1. The number of anilines is 3. The standard InChI is InChI=1S/C16H17FN6/c17-14-10-20-16(23-5-3-18-4-6-23)22-15(14)21-13-2-1-11-8-19-9-12(11)7-13/h1-2,7,9-10,18H,3-6,8H2,(H,20,21,22). The molecule has 23 heavy (non-hydrogen) atoms. The van der Waals surface area contributed by atoms with E-state index in [2.05, 4.69) is 30.5 Å². The van der Waals surface area contributed by atoms with E-state index in [-0.39, 0.29) is 5.82 Å². The molecule has 2 aromatic rings. The summed E-state index contributed by atoms with van der Waals surface area (Å²) in [5.41, 5.74) is 3.04. The Morgan fingerprint density at radius 1 is 1.22 bits per heavy atom. The first-order valence-corrected chi connectivity index (χ1v) is 7.67. The number of halogens is 1. The van der Waals surface area contributed by atoms with Gasteiger partial charge in [-0.05, 0) is 23.3 Å². The van der Waals surface area contributed by atoms with Gasteiger partial charge >= 0.3 is 0 Å². The van der Waals surface area contributed by atoms with Gasteiger partial charge in [-0.15, -0.1) is 0 Å². The zero-order valence-corrected chi connectivity index (χ0v) is 12.6. The van der Waals surface area contributed by atoms with Gasteiger partial charge in [0.1, 0.15) is 0 Å². The lowest BCUT2D eigenvalue weighted by atomic mass is 10.1. The molecule has 0 radical (unpaired) electrons. The van der Waals surface area contributed by atoms with E-state index >= 15 is 0 Å². The smallest absolute Gasteiger partial charge is 0.227 e. The van der Waals surface area contributed by atoms with Crippen LogP contribution in [0.25, 0.3) is 0 Å². The lowest BCUT2D eigenvalue weighted by molar-refractivity contribution is 0.574. The number of hydrogen-bond acceptors (Lipinski definition) is 6. The Balaban J connectivity index is 1.59. The van der Waals surface area contributed by atoms with Gasteiger partial charge in [-0.25, -0.2) is 9.37 Å². The molecular formula is C16H17FN6. The SMILES string of the molecule is Fc1cnc(N2CCNCC2)nc1Nc1ccc2c(c1)C=NC2. The fourth-order valence-corrected chi connectivity index (χ4v) is 2.78. The van der Waals surface area contributed by atoms with Gasteiger partial charge in [-0.1, -0.05) is 6.07 Å². The van der Waals surface area contributed by atoms with Crippen molar-refractivity contribution < 1.29 is 4.39 Å². The van der Waals surface area contributed by atoms with E-state index in [9.17, 15) is 4.39 Å². The number of hydrogen-bond donors (Lipinski definition) is 2. The van der Waals surface area contributed by atoms with Crippen LogP contribution in [0.15, 0.2) is 29.4 Å². The predicted molar refractivity (Wildman–Crippen MR) is 88.1 cm³/mol. The minimum Gasteiger partial charge on any atom is -0.338 e. The summed E-state index contributed by atoms with van der Waals surface area (Å²) in [4.78, 5) is 14.7. The van der Waals surface area contributed by atoms with Crippen LogP contribution in [0.3, 0.4) is 0 Å². The highest BCUT2D eigenvalue weighted by atomic mass is 19.1. The molecule has 0 saturated carbocycles. The topological polar surface area (TPSA) is 65.4 Å². The van der Waals surface area contributed by atoms with Gasteiger partial charge in [0.15, 0.2) is 11.6 Å². The molecule has 1 aromatic carbocycles. The van der Waals surface area contributed by atoms with Crippen LogP contribution in [0.4, 0.5) is 21.8 Å². The molecule has 0 bridgehead atoms. The lowest BCUT2D eigenvalue weighted by Gasteiger charge is -2.27. The summed E-state index contributed by atoms with van der Waals surface area (Å²) >= 11 is 0. The molecule has 1 aromatic heterocycles. The second kappa shape index (κ2) is 5.92. The summed E-state index contributed by atoms with van der Waals surface area (Å²) in [7, 11) is 0. The van der Waals surface area contributed by atoms with Crippen LogP contribution in [0.5, 0.6) is 0 Å².